The first-order valence-electron chi connectivity index (χ1n) is 5.96. The van der Waals surface area contributed by atoms with E-state index in [9.17, 15) is 0 Å². The SMILES string of the molecule is NCC1(c2nc(C3CCCOC3)no2)CC1. The van der Waals surface area contributed by atoms with Gasteiger partial charge in [-0.2, -0.15) is 4.98 Å². The predicted octanol–water partition coefficient (Wildman–Crippen LogP) is 0.954. The van der Waals surface area contributed by atoms with Crippen molar-refractivity contribution >= 4 is 0 Å². The quantitative estimate of drug-likeness (QED) is 0.826. The smallest absolute Gasteiger partial charge is 0.234 e. The summed E-state index contributed by atoms with van der Waals surface area (Å²) in [5.74, 6) is 1.84. The van der Waals surface area contributed by atoms with E-state index in [1.54, 1.807) is 0 Å². The Balaban J connectivity index is 1.77. The number of hydrogen-bond acceptors (Lipinski definition) is 5. The van der Waals surface area contributed by atoms with Crippen molar-refractivity contribution < 1.29 is 9.26 Å². The van der Waals surface area contributed by atoms with Crippen molar-refractivity contribution in [2.75, 3.05) is 19.8 Å². The van der Waals surface area contributed by atoms with Crippen LogP contribution in [0.25, 0.3) is 0 Å². The Morgan fingerprint density at radius 2 is 2.31 bits per heavy atom. The highest BCUT2D eigenvalue weighted by atomic mass is 16.5. The number of hydrogen-bond donors (Lipinski definition) is 1. The van der Waals surface area contributed by atoms with Gasteiger partial charge in [-0.15, -0.1) is 0 Å². The lowest BCUT2D eigenvalue weighted by Gasteiger charge is -2.18. The zero-order chi connectivity index (χ0) is 11.0. The van der Waals surface area contributed by atoms with Crippen molar-refractivity contribution in [3.05, 3.63) is 11.7 Å². The van der Waals surface area contributed by atoms with Gasteiger partial charge < -0.3 is 15.0 Å². The zero-order valence-corrected chi connectivity index (χ0v) is 9.32. The molecule has 1 aromatic rings. The van der Waals surface area contributed by atoms with Crippen LogP contribution < -0.4 is 5.73 Å². The highest BCUT2D eigenvalue weighted by Crippen LogP contribution is 2.46. The molecule has 1 atom stereocenters. The molecule has 16 heavy (non-hydrogen) atoms. The summed E-state index contributed by atoms with van der Waals surface area (Å²) < 4.78 is 10.8. The fourth-order valence-electron chi connectivity index (χ4n) is 2.22. The van der Waals surface area contributed by atoms with Crippen LogP contribution in [-0.4, -0.2) is 29.9 Å². The third-order valence-corrected chi connectivity index (χ3v) is 3.67. The van der Waals surface area contributed by atoms with Crippen molar-refractivity contribution in [3.63, 3.8) is 0 Å². The Morgan fingerprint density at radius 3 is 2.94 bits per heavy atom. The van der Waals surface area contributed by atoms with Gasteiger partial charge in [0.05, 0.1) is 12.0 Å². The summed E-state index contributed by atoms with van der Waals surface area (Å²) in [5.41, 5.74) is 5.74. The summed E-state index contributed by atoms with van der Waals surface area (Å²) >= 11 is 0. The Hall–Kier alpha value is -0.940. The van der Waals surface area contributed by atoms with Crippen LogP contribution >= 0.6 is 0 Å². The van der Waals surface area contributed by atoms with Crippen molar-refractivity contribution in [3.8, 4) is 0 Å². The molecule has 5 heteroatoms. The van der Waals surface area contributed by atoms with Crippen LogP contribution in [-0.2, 0) is 10.2 Å². The Morgan fingerprint density at radius 1 is 1.44 bits per heavy atom. The van der Waals surface area contributed by atoms with Crippen LogP contribution in [0.4, 0.5) is 0 Å². The second-order valence-electron chi connectivity index (χ2n) is 4.86. The Kier molecular flexibility index (Phi) is 2.44. The normalized spacial score (nSPS) is 27.9. The fraction of sp³-hybridized carbons (Fsp3) is 0.818. The summed E-state index contributed by atoms with van der Waals surface area (Å²) in [6.45, 7) is 2.18. The highest BCUT2D eigenvalue weighted by Gasteiger charge is 2.48. The first-order chi connectivity index (χ1) is 7.84. The number of ether oxygens (including phenoxy) is 1. The van der Waals surface area contributed by atoms with E-state index in [0.717, 1.165) is 44.0 Å². The average molecular weight is 223 g/mol. The van der Waals surface area contributed by atoms with Crippen molar-refractivity contribution in [1.29, 1.82) is 0 Å². The molecule has 0 radical (unpaired) electrons. The molecule has 0 spiro atoms. The molecule has 1 saturated carbocycles. The molecule has 2 aliphatic rings. The van der Waals surface area contributed by atoms with Crippen LogP contribution in [0.5, 0.6) is 0 Å². The maximum absolute atomic E-state index is 5.74. The number of nitrogens with two attached hydrogens (primary N) is 1. The highest BCUT2D eigenvalue weighted by molar-refractivity contribution is 5.17. The lowest BCUT2D eigenvalue weighted by Crippen LogP contribution is -2.20. The summed E-state index contributed by atoms with van der Waals surface area (Å²) in [5, 5.41) is 4.07. The van der Waals surface area contributed by atoms with E-state index in [1.807, 2.05) is 0 Å². The molecule has 2 heterocycles. The van der Waals surface area contributed by atoms with E-state index < -0.39 is 0 Å². The summed E-state index contributed by atoms with van der Waals surface area (Å²) in [6, 6.07) is 0. The van der Waals surface area contributed by atoms with Gasteiger partial charge in [-0.1, -0.05) is 5.16 Å². The first kappa shape index (κ1) is 10.2. The Bertz CT molecular complexity index is 367. The van der Waals surface area contributed by atoms with Gasteiger partial charge in [0.15, 0.2) is 5.82 Å². The number of rotatable bonds is 3. The van der Waals surface area contributed by atoms with Gasteiger partial charge in [0.1, 0.15) is 0 Å². The molecule has 0 bridgehead atoms. The summed E-state index contributed by atoms with van der Waals surface area (Å²) in [6.07, 6.45) is 4.32. The van der Waals surface area contributed by atoms with E-state index in [0.29, 0.717) is 19.1 Å². The fourth-order valence-corrected chi connectivity index (χ4v) is 2.22. The van der Waals surface area contributed by atoms with Crippen LogP contribution in [0, 0.1) is 0 Å². The Labute approximate surface area is 94.3 Å². The van der Waals surface area contributed by atoms with Gasteiger partial charge in [-0.3, -0.25) is 0 Å². The third kappa shape index (κ3) is 1.64. The lowest BCUT2D eigenvalue weighted by atomic mass is 10.0. The molecule has 1 unspecified atom stereocenters. The van der Waals surface area contributed by atoms with Crippen LogP contribution in [0.15, 0.2) is 4.52 Å². The maximum atomic E-state index is 5.74. The molecule has 1 aromatic heterocycles. The molecule has 2 N–H and O–H groups in total. The van der Waals surface area contributed by atoms with Crippen molar-refractivity contribution in [2.45, 2.75) is 37.0 Å². The average Bonchev–Trinajstić information content (AvgIpc) is 3.00. The van der Waals surface area contributed by atoms with Crippen molar-refractivity contribution in [1.82, 2.24) is 10.1 Å². The molecule has 1 aliphatic heterocycles. The van der Waals surface area contributed by atoms with E-state index in [-0.39, 0.29) is 5.41 Å². The minimum atomic E-state index is 0.000768. The zero-order valence-electron chi connectivity index (χ0n) is 9.32. The standard InChI is InChI=1S/C11H17N3O2/c12-7-11(3-4-11)10-13-9(14-16-10)8-2-1-5-15-6-8/h8H,1-7,12H2. The third-order valence-electron chi connectivity index (χ3n) is 3.67. The molecular formula is C11H17N3O2. The minimum absolute atomic E-state index is 0.000768. The molecule has 1 aliphatic carbocycles. The molecular weight excluding hydrogens is 206 g/mol. The van der Waals surface area contributed by atoms with Gasteiger partial charge in [-0.25, -0.2) is 0 Å². The molecule has 0 aromatic carbocycles. The predicted molar refractivity (Wildman–Crippen MR) is 57.1 cm³/mol. The summed E-state index contributed by atoms with van der Waals surface area (Å²) in [7, 11) is 0. The monoisotopic (exact) mass is 223 g/mol. The second-order valence-corrected chi connectivity index (χ2v) is 4.86. The molecule has 0 amide bonds. The maximum Gasteiger partial charge on any atom is 0.234 e. The van der Waals surface area contributed by atoms with Gasteiger partial charge in [0.2, 0.25) is 5.89 Å². The van der Waals surface area contributed by atoms with E-state index in [2.05, 4.69) is 10.1 Å². The van der Waals surface area contributed by atoms with Gasteiger partial charge >= 0.3 is 0 Å². The molecule has 3 rings (SSSR count). The largest absolute Gasteiger partial charge is 0.381 e. The van der Waals surface area contributed by atoms with Crippen LogP contribution in [0.3, 0.4) is 0 Å². The number of nitrogens with zero attached hydrogens (tertiary/aromatic N) is 2. The summed E-state index contributed by atoms with van der Waals surface area (Å²) in [4.78, 5) is 4.50. The molecule has 88 valence electrons. The molecule has 1 saturated heterocycles. The van der Waals surface area contributed by atoms with E-state index in [1.165, 1.54) is 0 Å². The molecule has 5 nitrogen and oxygen atoms in total. The minimum Gasteiger partial charge on any atom is -0.381 e. The first-order valence-corrected chi connectivity index (χ1v) is 5.96. The van der Waals surface area contributed by atoms with Crippen LogP contribution in [0.1, 0.15) is 43.3 Å². The number of aromatic nitrogens is 2. The van der Waals surface area contributed by atoms with E-state index >= 15 is 0 Å². The second kappa shape index (κ2) is 3.82. The van der Waals surface area contributed by atoms with E-state index in [4.69, 9.17) is 15.0 Å². The van der Waals surface area contributed by atoms with Gasteiger partial charge in [-0.05, 0) is 25.7 Å². The van der Waals surface area contributed by atoms with Crippen LogP contribution in [0.2, 0.25) is 0 Å². The lowest BCUT2D eigenvalue weighted by molar-refractivity contribution is 0.0773. The molecule has 2 fully saturated rings. The van der Waals surface area contributed by atoms with Gasteiger partial charge in [0, 0.05) is 19.1 Å². The van der Waals surface area contributed by atoms with Gasteiger partial charge in [0.25, 0.3) is 0 Å². The topological polar surface area (TPSA) is 74.2 Å². The van der Waals surface area contributed by atoms with Crippen molar-refractivity contribution in [2.24, 2.45) is 5.73 Å².